The predicted molar refractivity (Wildman–Crippen MR) is 100 cm³/mol. The number of benzene rings is 1. The maximum absolute atomic E-state index is 9.81. The van der Waals surface area contributed by atoms with E-state index in [1.807, 2.05) is 24.3 Å². The summed E-state index contributed by atoms with van der Waals surface area (Å²) in [6.45, 7) is 13.4. The van der Waals surface area contributed by atoms with Crippen molar-refractivity contribution < 1.29 is 9.47 Å². The molecule has 0 amide bonds. The second-order valence-electron chi connectivity index (χ2n) is 8.54. The van der Waals surface area contributed by atoms with Gasteiger partial charge < -0.3 is 9.47 Å². The average molecular weight is 342 g/mol. The van der Waals surface area contributed by atoms with Crippen molar-refractivity contribution >= 4 is 5.90 Å². The lowest BCUT2D eigenvalue weighted by molar-refractivity contribution is -0.149. The molecule has 4 nitrogen and oxygen atoms in total. The molecular formula is C21H30N2O2. The number of hydrogen-bond acceptors (Lipinski definition) is 4. The third-order valence-corrected chi connectivity index (χ3v) is 4.07. The summed E-state index contributed by atoms with van der Waals surface area (Å²) in [5, 5.41) is 9.81. The largest absolute Gasteiger partial charge is 0.427 e. The first kappa shape index (κ1) is 19.5. The zero-order valence-electron chi connectivity index (χ0n) is 16.3. The Morgan fingerprint density at radius 2 is 1.88 bits per heavy atom. The van der Waals surface area contributed by atoms with E-state index in [0.717, 1.165) is 30.4 Å². The molecule has 4 heteroatoms. The topological polar surface area (TPSA) is 54.6 Å². The van der Waals surface area contributed by atoms with E-state index >= 15 is 0 Å². The van der Waals surface area contributed by atoms with Crippen molar-refractivity contribution in [3.63, 3.8) is 0 Å². The molecule has 0 bridgehead atoms. The Morgan fingerprint density at radius 3 is 2.48 bits per heavy atom. The Hall–Kier alpha value is -1.86. The summed E-state index contributed by atoms with van der Waals surface area (Å²) in [5.74, 6) is -0.884. The van der Waals surface area contributed by atoms with Crippen molar-refractivity contribution in [3.8, 4) is 6.07 Å². The van der Waals surface area contributed by atoms with E-state index in [4.69, 9.17) is 14.5 Å². The highest BCUT2D eigenvalue weighted by molar-refractivity contribution is 5.99. The molecule has 1 aromatic rings. The van der Waals surface area contributed by atoms with Gasteiger partial charge in [-0.1, -0.05) is 52.3 Å². The zero-order valence-corrected chi connectivity index (χ0v) is 16.3. The van der Waals surface area contributed by atoms with Crippen molar-refractivity contribution in [1.82, 2.24) is 0 Å². The van der Waals surface area contributed by atoms with Crippen LogP contribution in [0.3, 0.4) is 0 Å². The van der Waals surface area contributed by atoms with Gasteiger partial charge in [-0.2, -0.15) is 5.26 Å². The number of ether oxygens (including phenoxy) is 2. The minimum Gasteiger partial charge on any atom is -0.427 e. The highest BCUT2D eigenvalue weighted by atomic mass is 16.7. The highest BCUT2D eigenvalue weighted by Crippen LogP contribution is 2.39. The van der Waals surface area contributed by atoms with Crippen LogP contribution in [0.1, 0.15) is 71.9 Å². The van der Waals surface area contributed by atoms with Crippen LogP contribution in [0, 0.1) is 16.7 Å². The summed E-state index contributed by atoms with van der Waals surface area (Å²) in [6.07, 6.45) is 2.80. The van der Waals surface area contributed by atoms with Crippen LogP contribution in [0.25, 0.3) is 0 Å². The number of nitriles is 1. The second kappa shape index (κ2) is 7.17. The molecule has 136 valence electrons. The monoisotopic (exact) mass is 342 g/mol. The summed E-state index contributed by atoms with van der Waals surface area (Å²) < 4.78 is 11.9. The maximum Gasteiger partial charge on any atom is 0.330 e. The molecule has 1 heterocycles. The second-order valence-corrected chi connectivity index (χ2v) is 8.54. The van der Waals surface area contributed by atoms with E-state index in [1.165, 1.54) is 0 Å². The van der Waals surface area contributed by atoms with Crippen LogP contribution in [0.5, 0.6) is 0 Å². The molecule has 1 aliphatic heterocycles. The number of rotatable bonds is 6. The van der Waals surface area contributed by atoms with Gasteiger partial charge in [0.15, 0.2) is 0 Å². The fraction of sp³-hybridized carbons (Fsp3) is 0.619. The van der Waals surface area contributed by atoms with Gasteiger partial charge in [0, 0.05) is 5.56 Å². The molecule has 0 spiro atoms. The van der Waals surface area contributed by atoms with Crippen LogP contribution >= 0.6 is 0 Å². The third kappa shape index (κ3) is 4.61. The maximum atomic E-state index is 9.81. The molecule has 25 heavy (non-hydrogen) atoms. The van der Waals surface area contributed by atoms with E-state index in [-0.39, 0.29) is 11.0 Å². The highest BCUT2D eigenvalue weighted by Gasteiger charge is 2.47. The van der Waals surface area contributed by atoms with Crippen molar-refractivity contribution in [2.45, 2.75) is 72.1 Å². The molecule has 2 rings (SSSR count). The van der Waals surface area contributed by atoms with Crippen LogP contribution in [0.15, 0.2) is 29.3 Å². The van der Waals surface area contributed by atoms with Gasteiger partial charge in [0.25, 0.3) is 0 Å². The standard InChI is InChI=1S/C21H30N2O2/c1-7-8-13-24-21(15-22)17-12-10-9-11-16(17)18(25-21)23-20(5,6)14-19(2,3)4/h9-12H,7-8,13-14H2,1-6H3. The fourth-order valence-corrected chi connectivity index (χ4v) is 3.48. The number of aliphatic imine (C=N–C) groups is 1. The summed E-state index contributed by atoms with van der Waals surface area (Å²) >= 11 is 0. The molecule has 0 N–H and O–H groups in total. The lowest BCUT2D eigenvalue weighted by Gasteiger charge is -2.29. The first-order valence-corrected chi connectivity index (χ1v) is 9.06. The van der Waals surface area contributed by atoms with E-state index in [0.29, 0.717) is 12.5 Å². The number of fused-ring (bicyclic) bond motifs is 1. The van der Waals surface area contributed by atoms with E-state index < -0.39 is 5.79 Å². The van der Waals surface area contributed by atoms with Crippen molar-refractivity contribution in [3.05, 3.63) is 35.4 Å². The van der Waals surface area contributed by atoms with Crippen molar-refractivity contribution in [1.29, 1.82) is 5.26 Å². The van der Waals surface area contributed by atoms with Gasteiger partial charge in [0.2, 0.25) is 5.90 Å². The summed E-state index contributed by atoms with van der Waals surface area (Å²) in [5.41, 5.74) is 1.45. The molecule has 1 unspecified atom stereocenters. The van der Waals surface area contributed by atoms with Crippen LogP contribution < -0.4 is 0 Å². The molecule has 0 fully saturated rings. The van der Waals surface area contributed by atoms with Gasteiger partial charge in [0.05, 0.1) is 17.7 Å². The molecule has 1 aromatic carbocycles. The summed E-state index contributed by atoms with van der Waals surface area (Å²) in [6, 6.07) is 9.91. The van der Waals surface area contributed by atoms with Crippen molar-refractivity contribution in [2.75, 3.05) is 6.61 Å². The predicted octanol–water partition coefficient (Wildman–Crippen LogP) is 5.17. The Labute approximate surface area is 151 Å². The summed E-state index contributed by atoms with van der Waals surface area (Å²) in [7, 11) is 0. The van der Waals surface area contributed by atoms with E-state index in [9.17, 15) is 5.26 Å². The first-order chi connectivity index (χ1) is 11.6. The Morgan fingerprint density at radius 1 is 1.20 bits per heavy atom. The fourth-order valence-electron chi connectivity index (χ4n) is 3.48. The first-order valence-electron chi connectivity index (χ1n) is 9.06. The van der Waals surface area contributed by atoms with Gasteiger partial charge in [-0.15, -0.1) is 0 Å². The normalized spacial score (nSPS) is 21.7. The molecule has 0 aromatic heterocycles. The third-order valence-electron chi connectivity index (χ3n) is 4.07. The Bertz CT molecular complexity index is 680. The molecule has 1 aliphatic rings. The van der Waals surface area contributed by atoms with Crippen molar-refractivity contribution in [2.24, 2.45) is 10.4 Å². The average Bonchev–Trinajstić information content (AvgIpc) is 2.79. The molecule has 0 saturated heterocycles. The van der Waals surface area contributed by atoms with Gasteiger partial charge in [-0.3, -0.25) is 0 Å². The lowest BCUT2D eigenvalue weighted by atomic mass is 9.82. The SMILES string of the molecule is CCCCOC1(C#N)OC(=NC(C)(C)CC(C)(C)C)c2ccccc21. The quantitative estimate of drug-likeness (QED) is 0.670. The minimum absolute atomic E-state index is 0.148. The van der Waals surface area contributed by atoms with E-state index in [1.54, 1.807) is 0 Å². The molecular weight excluding hydrogens is 312 g/mol. The number of hydrogen-bond donors (Lipinski definition) is 0. The Kier molecular flexibility index (Phi) is 5.58. The van der Waals surface area contributed by atoms with Crippen LogP contribution in [-0.2, 0) is 15.3 Å². The van der Waals surface area contributed by atoms with Gasteiger partial charge in [-0.05, 0) is 38.2 Å². The number of unbranched alkanes of at least 4 members (excludes halogenated alkanes) is 1. The minimum atomic E-state index is -1.39. The molecule has 0 saturated carbocycles. The van der Waals surface area contributed by atoms with Gasteiger partial charge in [-0.25, -0.2) is 4.99 Å². The number of nitrogens with zero attached hydrogens (tertiary/aromatic N) is 2. The Balaban J connectivity index is 2.40. The van der Waals surface area contributed by atoms with Crippen LogP contribution in [0.4, 0.5) is 0 Å². The molecule has 0 radical (unpaired) electrons. The van der Waals surface area contributed by atoms with Crippen LogP contribution in [0.2, 0.25) is 0 Å². The van der Waals surface area contributed by atoms with Crippen LogP contribution in [-0.4, -0.2) is 18.0 Å². The molecule has 0 aliphatic carbocycles. The van der Waals surface area contributed by atoms with Gasteiger partial charge in [0.1, 0.15) is 6.07 Å². The summed E-state index contributed by atoms with van der Waals surface area (Å²) in [4.78, 5) is 4.87. The zero-order chi connectivity index (χ0) is 18.7. The van der Waals surface area contributed by atoms with E-state index in [2.05, 4.69) is 47.6 Å². The van der Waals surface area contributed by atoms with Gasteiger partial charge >= 0.3 is 5.79 Å². The smallest absolute Gasteiger partial charge is 0.330 e. The lowest BCUT2D eigenvalue weighted by Crippen LogP contribution is -2.30. The molecule has 1 atom stereocenters.